The summed E-state index contributed by atoms with van der Waals surface area (Å²) in [4.78, 5) is 3.75. The van der Waals surface area contributed by atoms with Gasteiger partial charge in [-0.3, -0.25) is 0 Å². The van der Waals surface area contributed by atoms with Crippen LogP contribution in [0.2, 0.25) is 5.15 Å². The Hall–Kier alpha value is -0.690. The predicted molar refractivity (Wildman–Crippen MR) is 70.1 cm³/mol. The highest BCUT2D eigenvalue weighted by Gasteiger charge is 2.22. The number of rotatable bonds is 7. The van der Waals surface area contributed by atoms with Crippen molar-refractivity contribution >= 4 is 21.6 Å². The molecule has 0 fully saturated rings. The van der Waals surface area contributed by atoms with E-state index >= 15 is 0 Å². The van der Waals surface area contributed by atoms with Crippen LogP contribution in [-0.2, 0) is 14.8 Å². The number of pyridine rings is 1. The third-order valence-electron chi connectivity index (χ3n) is 2.34. The van der Waals surface area contributed by atoms with Crippen molar-refractivity contribution in [3.8, 4) is 0 Å². The van der Waals surface area contributed by atoms with Gasteiger partial charge in [0.1, 0.15) is 10.0 Å². The van der Waals surface area contributed by atoms with Crippen molar-refractivity contribution in [2.45, 2.75) is 30.7 Å². The molecule has 0 radical (unpaired) electrons. The number of sulfonamides is 1. The number of hydrogen-bond donors (Lipinski definition) is 1. The normalized spacial score (nSPS) is 13.5. The Morgan fingerprint density at radius 1 is 1.56 bits per heavy atom. The molecule has 0 aromatic carbocycles. The molecule has 18 heavy (non-hydrogen) atoms. The van der Waals surface area contributed by atoms with Crippen molar-refractivity contribution in [1.82, 2.24) is 9.71 Å². The Balaban J connectivity index is 2.90. The maximum Gasteiger partial charge on any atom is 0.243 e. The molecule has 1 unspecified atom stereocenters. The van der Waals surface area contributed by atoms with Gasteiger partial charge in [-0.2, -0.15) is 0 Å². The summed E-state index contributed by atoms with van der Waals surface area (Å²) in [5.74, 6) is 0. The summed E-state index contributed by atoms with van der Waals surface area (Å²) in [6.07, 6.45) is 3.00. The Kier molecular flexibility index (Phi) is 6.01. The summed E-state index contributed by atoms with van der Waals surface area (Å²) in [5, 5.41) is -0.0299. The number of nitrogens with zero attached hydrogens (tertiary/aromatic N) is 1. The van der Waals surface area contributed by atoms with E-state index in [1.165, 1.54) is 25.4 Å². The van der Waals surface area contributed by atoms with Crippen LogP contribution < -0.4 is 4.72 Å². The molecule has 0 saturated heterocycles. The molecule has 0 amide bonds. The second kappa shape index (κ2) is 7.04. The van der Waals surface area contributed by atoms with Gasteiger partial charge in [0.15, 0.2) is 0 Å². The fourth-order valence-corrected chi connectivity index (χ4v) is 3.29. The van der Waals surface area contributed by atoms with Crippen LogP contribution in [0.15, 0.2) is 23.2 Å². The van der Waals surface area contributed by atoms with Crippen LogP contribution in [0.5, 0.6) is 0 Å². The topological polar surface area (TPSA) is 68.3 Å². The average Bonchev–Trinajstić information content (AvgIpc) is 2.29. The minimum Gasteiger partial charge on any atom is -0.383 e. The van der Waals surface area contributed by atoms with E-state index in [0.717, 1.165) is 6.42 Å². The van der Waals surface area contributed by atoms with Crippen LogP contribution in [0.1, 0.15) is 19.8 Å². The molecule has 5 nitrogen and oxygen atoms in total. The highest BCUT2D eigenvalue weighted by molar-refractivity contribution is 7.89. The summed E-state index contributed by atoms with van der Waals surface area (Å²) in [6.45, 7) is 2.30. The van der Waals surface area contributed by atoms with Crippen LogP contribution >= 0.6 is 11.6 Å². The van der Waals surface area contributed by atoms with Gasteiger partial charge in [0.25, 0.3) is 0 Å². The molecule has 0 bridgehead atoms. The minimum atomic E-state index is -3.66. The molecule has 0 aliphatic heterocycles. The molecule has 1 aromatic rings. The molecule has 0 saturated carbocycles. The third-order valence-corrected chi connectivity index (χ3v) is 4.31. The van der Waals surface area contributed by atoms with Crippen molar-refractivity contribution in [3.63, 3.8) is 0 Å². The lowest BCUT2D eigenvalue weighted by Gasteiger charge is -2.17. The number of ether oxygens (including phenoxy) is 1. The Bertz CT molecular complexity index is 473. The molecule has 0 aliphatic carbocycles. The standard InChI is InChI=1S/C11H17ClN2O3S/c1-3-5-9(8-17-2)14-18(15,16)10-6-4-7-13-11(10)12/h4,6-7,9,14H,3,5,8H2,1-2H3. The van der Waals surface area contributed by atoms with E-state index in [-0.39, 0.29) is 16.1 Å². The molecule has 0 aliphatic rings. The van der Waals surface area contributed by atoms with E-state index in [4.69, 9.17) is 16.3 Å². The smallest absolute Gasteiger partial charge is 0.243 e. The number of nitrogens with one attached hydrogen (secondary N) is 1. The summed E-state index contributed by atoms with van der Waals surface area (Å²) < 4.78 is 31.8. The van der Waals surface area contributed by atoms with E-state index in [1.807, 2.05) is 6.92 Å². The van der Waals surface area contributed by atoms with Crippen LogP contribution in [0.25, 0.3) is 0 Å². The first-order valence-electron chi connectivity index (χ1n) is 5.63. The fourth-order valence-electron chi connectivity index (χ4n) is 1.58. The van der Waals surface area contributed by atoms with E-state index in [2.05, 4.69) is 9.71 Å². The molecule has 0 spiro atoms. The van der Waals surface area contributed by atoms with Gasteiger partial charge in [0.2, 0.25) is 10.0 Å². The molecular formula is C11H17ClN2O3S. The largest absolute Gasteiger partial charge is 0.383 e. The zero-order valence-electron chi connectivity index (χ0n) is 10.4. The molecule has 7 heteroatoms. The highest BCUT2D eigenvalue weighted by Crippen LogP contribution is 2.18. The number of methoxy groups -OCH3 is 1. The predicted octanol–water partition coefficient (Wildman–Crippen LogP) is 1.83. The molecule has 1 aromatic heterocycles. The lowest BCUT2D eigenvalue weighted by molar-refractivity contribution is 0.171. The molecule has 1 atom stereocenters. The van der Waals surface area contributed by atoms with Crippen LogP contribution in [-0.4, -0.2) is 33.2 Å². The SMILES string of the molecule is CCCC(COC)NS(=O)(=O)c1cccnc1Cl. The maximum absolute atomic E-state index is 12.1. The zero-order valence-corrected chi connectivity index (χ0v) is 12.0. The molecular weight excluding hydrogens is 276 g/mol. The second-order valence-corrected chi connectivity index (χ2v) is 5.89. The molecule has 1 N–H and O–H groups in total. The van der Waals surface area contributed by atoms with Crippen molar-refractivity contribution in [2.24, 2.45) is 0 Å². The summed E-state index contributed by atoms with van der Waals surface area (Å²) >= 11 is 5.78. The van der Waals surface area contributed by atoms with Gasteiger partial charge >= 0.3 is 0 Å². The first-order valence-corrected chi connectivity index (χ1v) is 7.49. The van der Waals surface area contributed by atoms with Crippen LogP contribution in [0.3, 0.4) is 0 Å². The van der Waals surface area contributed by atoms with Gasteiger partial charge in [0, 0.05) is 19.3 Å². The Morgan fingerprint density at radius 2 is 2.28 bits per heavy atom. The van der Waals surface area contributed by atoms with E-state index in [9.17, 15) is 8.42 Å². The summed E-state index contributed by atoms with van der Waals surface area (Å²) in [6, 6.07) is 2.69. The fraction of sp³-hybridized carbons (Fsp3) is 0.545. The maximum atomic E-state index is 12.1. The van der Waals surface area contributed by atoms with Gasteiger partial charge in [-0.1, -0.05) is 24.9 Å². The second-order valence-electron chi connectivity index (χ2n) is 3.85. The molecule has 102 valence electrons. The van der Waals surface area contributed by atoms with E-state index < -0.39 is 10.0 Å². The Labute approximate surface area is 113 Å². The third kappa shape index (κ3) is 4.20. The average molecular weight is 293 g/mol. The van der Waals surface area contributed by atoms with Gasteiger partial charge in [-0.15, -0.1) is 0 Å². The lowest BCUT2D eigenvalue weighted by atomic mass is 10.2. The first-order chi connectivity index (χ1) is 8.51. The molecule has 1 heterocycles. The van der Waals surface area contributed by atoms with Crippen molar-refractivity contribution in [2.75, 3.05) is 13.7 Å². The quantitative estimate of drug-likeness (QED) is 0.779. The molecule has 1 rings (SSSR count). The lowest BCUT2D eigenvalue weighted by Crippen LogP contribution is -2.38. The van der Waals surface area contributed by atoms with Gasteiger partial charge in [-0.05, 0) is 18.6 Å². The van der Waals surface area contributed by atoms with Crippen molar-refractivity contribution in [3.05, 3.63) is 23.5 Å². The number of halogens is 1. The summed E-state index contributed by atoms with van der Waals surface area (Å²) in [7, 11) is -2.12. The van der Waals surface area contributed by atoms with E-state index in [1.54, 1.807) is 0 Å². The number of aromatic nitrogens is 1. The van der Waals surface area contributed by atoms with Crippen LogP contribution in [0.4, 0.5) is 0 Å². The monoisotopic (exact) mass is 292 g/mol. The van der Waals surface area contributed by atoms with Crippen molar-refractivity contribution in [1.29, 1.82) is 0 Å². The number of hydrogen-bond acceptors (Lipinski definition) is 4. The van der Waals surface area contributed by atoms with Gasteiger partial charge in [-0.25, -0.2) is 18.1 Å². The van der Waals surface area contributed by atoms with Crippen LogP contribution in [0, 0.1) is 0 Å². The Morgan fingerprint density at radius 3 is 2.83 bits per heavy atom. The van der Waals surface area contributed by atoms with E-state index in [0.29, 0.717) is 13.0 Å². The minimum absolute atomic E-state index is 0.0103. The highest BCUT2D eigenvalue weighted by atomic mass is 35.5. The first kappa shape index (κ1) is 15.4. The van der Waals surface area contributed by atoms with Gasteiger partial charge in [0.05, 0.1) is 6.61 Å². The zero-order chi connectivity index (χ0) is 13.6. The van der Waals surface area contributed by atoms with Crippen molar-refractivity contribution < 1.29 is 13.2 Å². The summed E-state index contributed by atoms with van der Waals surface area (Å²) in [5.41, 5.74) is 0. The van der Waals surface area contributed by atoms with Gasteiger partial charge < -0.3 is 4.74 Å².